The second-order valence-electron chi connectivity index (χ2n) is 3.87. The quantitative estimate of drug-likeness (QED) is 0.744. The van der Waals surface area contributed by atoms with E-state index in [-0.39, 0.29) is 5.02 Å². The molecule has 0 aromatic heterocycles. The van der Waals surface area contributed by atoms with Crippen molar-refractivity contribution in [1.29, 1.82) is 0 Å². The number of carbonyl (C=O) groups is 2. The average Bonchev–Trinajstić information content (AvgIpc) is 2.39. The van der Waals surface area contributed by atoms with Crippen molar-refractivity contribution in [3.63, 3.8) is 0 Å². The number of halogens is 2. The van der Waals surface area contributed by atoms with Crippen molar-refractivity contribution in [3.8, 4) is 0 Å². The third-order valence-electron chi connectivity index (χ3n) is 2.41. The molecule has 20 heavy (non-hydrogen) atoms. The van der Waals surface area contributed by atoms with Crippen LogP contribution in [0.2, 0.25) is 10.0 Å². The van der Waals surface area contributed by atoms with Gasteiger partial charge in [0.1, 0.15) is 6.04 Å². The molecule has 1 aromatic carbocycles. The minimum absolute atomic E-state index is 0.209. The zero-order valence-corrected chi connectivity index (χ0v) is 13.0. The van der Waals surface area contributed by atoms with Gasteiger partial charge in [-0.3, -0.25) is 0 Å². The number of hydrogen-bond acceptors (Lipinski definition) is 3. The number of nitrogens with one attached hydrogen (secondary N) is 2. The number of thioether (sulfide) groups is 1. The zero-order chi connectivity index (χ0) is 15.1. The van der Waals surface area contributed by atoms with Crippen molar-refractivity contribution in [2.45, 2.75) is 12.5 Å². The van der Waals surface area contributed by atoms with Gasteiger partial charge in [0, 0.05) is 0 Å². The molecule has 1 aromatic rings. The van der Waals surface area contributed by atoms with Crippen LogP contribution in [-0.4, -0.2) is 35.2 Å². The number of urea groups is 1. The van der Waals surface area contributed by atoms with Crippen molar-refractivity contribution in [3.05, 3.63) is 28.2 Å². The Hall–Kier alpha value is -1.11. The molecule has 0 spiro atoms. The Morgan fingerprint density at radius 1 is 1.40 bits per heavy atom. The van der Waals surface area contributed by atoms with E-state index in [1.807, 2.05) is 6.26 Å². The maximum absolute atomic E-state index is 11.8. The van der Waals surface area contributed by atoms with E-state index in [9.17, 15) is 9.59 Å². The molecule has 0 bridgehead atoms. The maximum atomic E-state index is 11.8. The van der Waals surface area contributed by atoms with Crippen LogP contribution in [0, 0.1) is 0 Å². The van der Waals surface area contributed by atoms with E-state index in [2.05, 4.69) is 10.6 Å². The summed E-state index contributed by atoms with van der Waals surface area (Å²) in [4.78, 5) is 22.8. The highest BCUT2D eigenvalue weighted by atomic mass is 35.5. The van der Waals surface area contributed by atoms with Gasteiger partial charge >= 0.3 is 12.0 Å². The Morgan fingerprint density at radius 2 is 2.10 bits per heavy atom. The second kappa shape index (κ2) is 8.24. The van der Waals surface area contributed by atoms with Crippen molar-refractivity contribution < 1.29 is 14.7 Å². The number of aliphatic carboxylic acids is 1. The van der Waals surface area contributed by atoms with Crippen LogP contribution < -0.4 is 10.6 Å². The molecule has 5 nitrogen and oxygen atoms in total. The summed E-state index contributed by atoms with van der Waals surface area (Å²) in [5.74, 6) is -0.443. The van der Waals surface area contributed by atoms with E-state index in [0.29, 0.717) is 22.9 Å². The SMILES string of the molecule is CSCCC(NC(=O)Nc1cccc(Cl)c1Cl)C(=O)O. The molecule has 110 valence electrons. The Bertz CT molecular complexity index is 500. The third kappa shape index (κ3) is 5.11. The van der Waals surface area contributed by atoms with Crippen LogP contribution in [-0.2, 0) is 4.79 Å². The first-order valence-electron chi connectivity index (χ1n) is 5.69. The molecule has 0 radical (unpaired) electrons. The van der Waals surface area contributed by atoms with Gasteiger partial charge < -0.3 is 15.7 Å². The van der Waals surface area contributed by atoms with Crippen molar-refractivity contribution >= 4 is 52.7 Å². The summed E-state index contributed by atoms with van der Waals surface area (Å²) in [5, 5.41) is 14.4. The van der Waals surface area contributed by atoms with E-state index in [4.69, 9.17) is 28.3 Å². The number of benzene rings is 1. The van der Waals surface area contributed by atoms with Crippen LogP contribution in [0.1, 0.15) is 6.42 Å². The molecule has 0 aliphatic carbocycles. The molecule has 1 unspecified atom stereocenters. The lowest BCUT2D eigenvalue weighted by molar-refractivity contribution is -0.139. The summed E-state index contributed by atoms with van der Waals surface area (Å²) in [7, 11) is 0. The minimum Gasteiger partial charge on any atom is -0.480 e. The molecule has 1 atom stereocenters. The van der Waals surface area contributed by atoms with Crippen molar-refractivity contribution in [2.75, 3.05) is 17.3 Å². The molecular formula is C12H14Cl2N2O3S. The summed E-state index contributed by atoms with van der Waals surface area (Å²) in [6.07, 6.45) is 2.21. The monoisotopic (exact) mass is 336 g/mol. The van der Waals surface area contributed by atoms with E-state index in [1.54, 1.807) is 18.2 Å². The summed E-state index contributed by atoms with van der Waals surface area (Å²) in [6, 6.07) is 3.21. The van der Waals surface area contributed by atoms with E-state index < -0.39 is 18.0 Å². The maximum Gasteiger partial charge on any atom is 0.326 e. The molecule has 8 heteroatoms. The van der Waals surface area contributed by atoms with Crippen molar-refractivity contribution in [2.24, 2.45) is 0 Å². The van der Waals surface area contributed by atoms with Gasteiger partial charge in [-0.05, 0) is 30.6 Å². The van der Waals surface area contributed by atoms with Gasteiger partial charge in [-0.2, -0.15) is 11.8 Å². The normalized spacial score (nSPS) is 11.8. The first-order chi connectivity index (χ1) is 9.45. The van der Waals surface area contributed by atoms with Crippen molar-refractivity contribution in [1.82, 2.24) is 5.32 Å². The number of rotatable bonds is 6. The second-order valence-corrected chi connectivity index (χ2v) is 5.64. The van der Waals surface area contributed by atoms with E-state index >= 15 is 0 Å². The molecule has 0 heterocycles. The highest BCUT2D eigenvalue weighted by Crippen LogP contribution is 2.29. The van der Waals surface area contributed by atoms with E-state index in [1.165, 1.54) is 11.8 Å². The molecule has 0 fully saturated rings. The Balaban J connectivity index is 2.66. The van der Waals surface area contributed by atoms with Crippen LogP contribution >= 0.6 is 35.0 Å². The fourth-order valence-corrected chi connectivity index (χ4v) is 2.23. The molecule has 2 amide bonds. The number of carbonyl (C=O) groups excluding carboxylic acids is 1. The summed E-state index contributed by atoms with van der Waals surface area (Å²) < 4.78 is 0. The van der Waals surface area contributed by atoms with Crippen LogP contribution in [0.3, 0.4) is 0 Å². The van der Waals surface area contributed by atoms with Gasteiger partial charge in [0.25, 0.3) is 0 Å². The fraction of sp³-hybridized carbons (Fsp3) is 0.333. The van der Waals surface area contributed by atoms with Gasteiger partial charge in [0.05, 0.1) is 15.7 Å². The highest BCUT2D eigenvalue weighted by molar-refractivity contribution is 7.98. The van der Waals surface area contributed by atoms with Gasteiger partial charge in [0.15, 0.2) is 0 Å². The predicted octanol–water partition coefficient (Wildman–Crippen LogP) is 3.32. The lowest BCUT2D eigenvalue weighted by Crippen LogP contribution is -2.43. The van der Waals surface area contributed by atoms with E-state index in [0.717, 1.165) is 0 Å². The van der Waals surface area contributed by atoms with Gasteiger partial charge in [-0.15, -0.1) is 0 Å². The molecule has 1 rings (SSSR count). The average molecular weight is 337 g/mol. The Morgan fingerprint density at radius 3 is 2.70 bits per heavy atom. The third-order valence-corrected chi connectivity index (χ3v) is 3.88. The lowest BCUT2D eigenvalue weighted by Gasteiger charge is -2.15. The molecule has 3 N–H and O–H groups in total. The van der Waals surface area contributed by atoms with Gasteiger partial charge in [0.2, 0.25) is 0 Å². The lowest BCUT2D eigenvalue weighted by atomic mass is 10.2. The van der Waals surface area contributed by atoms with Gasteiger partial charge in [-0.25, -0.2) is 9.59 Å². The van der Waals surface area contributed by atoms with Crippen LogP contribution in [0.25, 0.3) is 0 Å². The Labute approximate surface area is 131 Å². The minimum atomic E-state index is -1.08. The Kier molecular flexibility index (Phi) is 6.98. The summed E-state index contributed by atoms with van der Waals surface area (Å²) in [6.45, 7) is 0. The zero-order valence-electron chi connectivity index (χ0n) is 10.7. The topological polar surface area (TPSA) is 78.4 Å². The first kappa shape index (κ1) is 16.9. The fourth-order valence-electron chi connectivity index (χ4n) is 1.41. The summed E-state index contributed by atoms with van der Waals surface area (Å²) >= 11 is 13.3. The van der Waals surface area contributed by atoms with Gasteiger partial charge in [-0.1, -0.05) is 29.3 Å². The van der Waals surface area contributed by atoms with Crippen LogP contribution in [0.5, 0.6) is 0 Å². The largest absolute Gasteiger partial charge is 0.480 e. The first-order valence-corrected chi connectivity index (χ1v) is 7.84. The molecular weight excluding hydrogens is 323 g/mol. The number of carboxylic acid groups (broad SMARTS) is 1. The predicted molar refractivity (Wildman–Crippen MR) is 83.0 cm³/mol. The molecule has 0 saturated heterocycles. The molecule has 0 aliphatic rings. The summed E-state index contributed by atoms with van der Waals surface area (Å²) in [5.41, 5.74) is 0.325. The number of carboxylic acids is 1. The number of hydrogen-bond donors (Lipinski definition) is 3. The highest BCUT2D eigenvalue weighted by Gasteiger charge is 2.19. The molecule has 0 saturated carbocycles. The molecule has 0 aliphatic heterocycles. The van der Waals surface area contributed by atoms with Crippen LogP contribution in [0.15, 0.2) is 18.2 Å². The van der Waals surface area contributed by atoms with Crippen LogP contribution in [0.4, 0.5) is 10.5 Å². The standard InChI is InChI=1S/C12H14Cl2N2O3S/c1-20-6-5-9(11(17)18)16-12(19)15-8-4-2-3-7(13)10(8)14/h2-4,9H,5-6H2,1H3,(H,17,18)(H2,15,16,19). The number of anilines is 1. The smallest absolute Gasteiger partial charge is 0.326 e. The number of amides is 2.